The van der Waals surface area contributed by atoms with E-state index in [-0.39, 0.29) is 47.9 Å². The van der Waals surface area contributed by atoms with Crippen molar-refractivity contribution < 1.29 is 19.5 Å². The summed E-state index contributed by atoms with van der Waals surface area (Å²) in [5.41, 5.74) is 0. The van der Waals surface area contributed by atoms with E-state index in [9.17, 15) is 19.5 Å². The molecule has 3 rings (SSSR count). The van der Waals surface area contributed by atoms with Crippen LogP contribution in [-0.4, -0.2) is 71.5 Å². The van der Waals surface area contributed by atoms with Crippen LogP contribution in [0.3, 0.4) is 0 Å². The Morgan fingerprint density at radius 3 is 2.38 bits per heavy atom. The van der Waals surface area contributed by atoms with Crippen LogP contribution in [0.2, 0.25) is 0 Å². The molecule has 1 saturated carbocycles. The number of nitrogens with zero attached hydrogens (tertiary/aromatic N) is 1. The van der Waals surface area contributed by atoms with E-state index in [4.69, 9.17) is 0 Å². The summed E-state index contributed by atoms with van der Waals surface area (Å²) in [6, 6.07) is -0.757. The molecular weight excluding hydrogens is 378 g/mol. The minimum absolute atomic E-state index is 0. The molecule has 3 fully saturated rings. The van der Waals surface area contributed by atoms with Crippen LogP contribution in [0.15, 0.2) is 0 Å². The molecule has 5 unspecified atom stereocenters. The van der Waals surface area contributed by atoms with E-state index in [1.54, 1.807) is 0 Å². The molecule has 3 N–H and O–H groups in total. The van der Waals surface area contributed by atoms with Gasteiger partial charge in [-0.3, -0.25) is 19.3 Å². The fourth-order valence-electron chi connectivity index (χ4n) is 4.20. The maximum absolute atomic E-state index is 12.7. The van der Waals surface area contributed by atoms with Crippen LogP contribution in [0.25, 0.3) is 0 Å². The minimum atomic E-state index is -0.757. The van der Waals surface area contributed by atoms with Gasteiger partial charge >= 0.3 is 0 Å². The minimum Gasteiger partial charge on any atom is -0.391 e. The van der Waals surface area contributed by atoms with Crippen molar-refractivity contribution in [3.8, 4) is 0 Å². The smallest absolute Gasteiger partial charge is 0.244 e. The highest BCUT2D eigenvalue weighted by molar-refractivity contribution is 7.98. The molecule has 9 heteroatoms. The lowest BCUT2D eigenvalue weighted by Crippen LogP contribution is -2.52. The van der Waals surface area contributed by atoms with E-state index in [2.05, 4.69) is 10.6 Å². The average molecular weight is 406 g/mol. The third kappa shape index (κ3) is 4.18. The van der Waals surface area contributed by atoms with Crippen LogP contribution in [0.5, 0.6) is 0 Å². The molecule has 0 spiro atoms. The molecule has 7 nitrogen and oxygen atoms in total. The number of aliphatic hydroxyl groups excluding tert-OH is 1. The van der Waals surface area contributed by atoms with E-state index < -0.39 is 12.1 Å². The Morgan fingerprint density at radius 1 is 1.27 bits per heavy atom. The number of aliphatic hydroxyl groups is 1. The second-order valence-electron chi connectivity index (χ2n) is 7.25. The molecular formula is C17H28ClN3O4S. The van der Waals surface area contributed by atoms with E-state index in [0.717, 1.165) is 25.7 Å². The molecule has 5 atom stereocenters. The van der Waals surface area contributed by atoms with Gasteiger partial charge < -0.3 is 15.7 Å². The molecule has 0 radical (unpaired) electrons. The zero-order valence-corrected chi connectivity index (χ0v) is 16.6. The van der Waals surface area contributed by atoms with Crippen molar-refractivity contribution in [3.05, 3.63) is 0 Å². The maximum Gasteiger partial charge on any atom is 0.244 e. The van der Waals surface area contributed by atoms with Gasteiger partial charge in [0.15, 0.2) is 0 Å². The number of likely N-dealkylation sites (tertiary alicyclic amines) is 1. The van der Waals surface area contributed by atoms with Gasteiger partial charge in [0.25, 0.3) is 0 Å². The highest BCUT2D eigenvalue weighted by Crippen LogP contribution is 2.39. The first-order chi connectivity index (χ1) is 12.0. The molecule has 2 heterocycles. The first-order valence-corrected chi connectivity index (χ1v) is 10.5. The Labute approximate surface area is 164 Å². The summed E-state index contributed by atoms with van der Waals surface area (Å²) in [5.74, 6) is -0.759. The monoisotopic (exact) mass is 405 g/mol. The van der Waals surface area contributed by atoms with Crippen LogP contribution in [0.1, 0.15) is 25.7 Å². The number of hydrogen-bond acceptors (Lipinski definition) is 6. The van der Waals surface area contributed by atoms with E-state index >= 15 is 0 Å². The standard InChI is InChI=1S/C17H27N3O4S.ClH/c1-25-9-13(15(22)19-7-10-6-18-8-14(10)21)20-16(23)11-4-2-3-5-12(11)17(20)24;/h10-14,18,21H,2-9H2,1H3,(H,19,22);1H. The largest absolute Gasteiger partial charge is 0.391 e. The molecule has 2 saturated heterocycles. The van der Waals surface area contributed by atoms with Crippen LogP contribution >= 0.6 is 24.2 Å². The van der Waals surface area contributed by atoms with Crippen LogP contribution in [-0.2, 0) is 14.4 Å². The van der Waals surface area contributed by atoms with Gasteiger partial charge in [-0.2, -0.15) is 11.8 Å². The number of fused-ring (bicyclic) bond motifs is 1. The molecule has 148 valence electrons. The van der Waals surface area contributed by atoms with Crippen molar-refractivity contribution in [1.82, 2.24) is 15.5 Å². The summed E-state index contributed by atoms with van der Waals surface area (Å²) in [5, 5.41) is 15.8. The molecule has 0 aromatic rings. The van der Waals surface area contributed by atoms with Crippen LogP contribution in [0, 0.1) is 17.8 Å². The second-order valence-corrected chi connectivity index (χ2v) is 8.16. The number of nitrogens with one attached hydrogen (secondary N) is 2. The number of imide groups is 1. The second kappa shape index (κ2) is 9.39. The number of β-amino-alcohol motifs (C(OH)–C–C–N with tert-alkyl or cyclic N) is 1. The van der Waals surface area contributed by atoms with Crippen molar-refractivity contribution in [2.24, 2.45) is 17.8 Å². The molecule has 2 aliphatic heterocycles. The SMILES string of the molecule is CSCC(C(=O)NCC1CNCC1O)N1C(=O)C2CCCCC2C1=O.Cl. The Balaban J connectivity index is 0.00000243. The van der Waals surface area contributed by atoms with Gasteiger partial charge in [0.1, 0.15) is 6.04 Å². The van der Waals surface area contributed by atoms with Crippen LogP contribution in [0.4, 0.5) is 0 Å². The molecule has 0 aromatic heterocycles. The Hall–Kier alpha value is -0.830. The van der Waals surface area contributed by atoms with Gasteiger partial charge in [-0.1, -0.05) is 12.8 Å². The van der Waals surface area contributed by atoms with Crippen molar-refractivity contribution in [1.29, 1.82) is 0 Å². The van der Waals surface area contributed by atoms with Gasteiger partial charge in [0.2, 0.25) is 17.7 Å². The topological polar surface area (TPSA) is 98.7 Å². The third-order valence-electron chi connectivity index (χ3n) is 5.66. The molecule has 26 heavy (non-hydrogen) atoms. The fraction of sp³-hybridized carbons (Fsp3) is 0.824. The first kappa shape index (κ1) is 21.5. The Morgan fingerprint density at radius 2 is 1.88 bits per heavy atom. The van der Waals surface area contributed by atoms with Gasteiger partial charge in [-0.15, -0.1) is 12.4 Å². The van der Waals surface area contributed by atoms with E-state index in [1.165, 1.54) is 16.7 Å². The summed E-state index contributed by atoms with van der Waals surface area (Å²) in [7, 11) is 0. The predicted octanol–water partition coefficient (Wildman–Crippen LogP) is 0.0115. The fourth-order valence-corrected chi connectivity index (χ4v) is 4.81. The van der Waals surface area contributed by atoms with Gasteiger partial charge in [0.05, 0.1) is 17.9 Å². The number of amides is 3. The van der Waals surface area contributed by atoms with Gasteiger partial charge in [-0.05, 0) is 19.1 Å². The number of hydrogen-bond donors (Lipinski definition) is 3. The summed E-state index contributed by atoms with van der Waals surface area (Å²) in [6.07, 6.45) is 4.83. The normalized spacial score (nSPS) is 32.2. The Kier molecular flexibility index (Phi) is 7.76. The average Bonchev–Trinajstić information content (AvgIpc) is 3.13. The zero-order chi connectivity index (χ0) is 18.0. The summed E-state index contributed by atoms with van der Waals surface area (Å²) in [6.45, 7) is 1.53. The number of rotatable bonds is 6. The summed E-state index contributed by atoms with van der Waals surface area (Å²) < 4.78 is 0. The number of thioether (sulfide) groups is 1. The predicted molar refractivity (Wildman–Crippen MR) is 102 cm³/mol. The lowest BCUT2D eigenvalue weighted by molar-refractivity contribution is -0.147. The molecule has 3 amide bonds. The first-order valence-electron chi connectivity index (χ1n) is 9.07. The third-order valence-corrected chi connectivity index (χ3v) is 6.31. The quantitative estimate of drug-likeness (QED) is 0.538. The van der Waals surface area contributed by atoms with Gasteiger partial charge in [-0.25, -0.2) is 0 Å². The highest BCUT2D eigenvalue weighted by atomic mass is 35.5. The van der Waals surface area contributed by atoms with Crippen molar-refractivity contribution in [2.45, 2.75) is 37.8 Å². The molecule has 0 aromatic carbocycles. The molecule has 0 bridgehead atoms. The molecule has 1 aliphatic carbocycles. The van der Waals surface area contributed by atoms with Crippen molar-refractivity contribution in [2.75, 3.05) is 31.6 Å². The maximum atomic E-state index is 12.7. The van der Waals surface area contributed by atoms with Crippen molar-refractivity contribution in [3.63, 3.8) is 0 Å². The lowest BCUT2D eigenvalue weighted by Gasteiger charge is -2.26. The zero-order valence-electron chi connectivity index (χ0n) is 15.0. The van der Waals surface area contributed by atoms with Crippen LogP contribution < -0.4 is 10.6 Å². The van der Waals surface area contributed by atoms with E-state index in [0.29, 0.717) is 25.4 Å². The number of halogens is 1. The van der Waals surface area contributed by atoms with Crippen molar-refractivity contribution >= 4 is 41.9 Å². The number of carbonyl (C=O) groups is 3. The summed E-state index contributed by atoms with van der Waals surface area (Å²) in [4.78, 5) is 39.4. The lowest BCUT2D eigenvalue weighted by atomic mass is 9.81. The van der Waals surface area contributed by atoms with Gasteiger partial charge in [0, 0.05) is 31.3 Å². The Bertz CT molecular complexity index is 526. The highest BCUT2D eigenvalue weighted by Gasteiger charge is 2.51. The van der Waals surface area contributed by atoms with E-state index in [1.807, 2.05) is 6.26 Å². The number of carbonyl (C=O) groups excluding carboxylic acids is 3. The molecule has 3 aliphatic rings. The summed E-state index contributed by atoms with van der Waals surface area (Å²) >= 11 is 1.45.